The van der Waals surface area contributed by atoms with Gasteiger partial charge in [0.05, 0.1) is 5.75 Å². The van der Waals surface area contributed by atoms with E-state index < -0.39 is 76.4 Å². The van der Waals surface area contributed by atoms with Crippen molar-refractivity contribution in [2.24, 2.45) is 0 Å². The van der Waals surface area contributed by atoms with Crippen LogP contribution in [0.3, 0.4) is 0 Å². The Balaban J connectivity index is 6.25. The number of halogens is 17. The SMILES string of the molecule is CNCCCNS(=O)(=O)CCC(F)(F)C(F)(F)C(F)(F)C(F)(F)C(F)(F)C(F)(F)C(F)(F)C(F)(F)F. The monoisotopic (exact) mass is 598 g/mol. The van der Waals surface area contributed by atoms with Crippen LogP contribution in [-0.4, -0.2) is 81.9 Å². The highest BCUT2D eigenvalue weighted by Gasteiger charge is 2.95. The molecule has 0 unspecified atom stereocenters. The van der Waals surface area contributed by atoms with E-state index in [-0.39, 0.29) is 13.0 Å². The maximum absolute atomic E-state index is 13.7. The summed E-state index contributed by atoms with van der Waals surface area (Å²) in [5.74, 6) is -59.5. The van der Waals surface area contributed by atoms with Gasteiger partial charge in [0.25, 0.3) is 0 Å². The molecule has 0 amide bonds. The Morgan fingerprint density at radius 2 is 0.917 bits per heavy atom. The summed E-state index contributed by atoms with van der Waals surface area (Å²) in [5.41, 5.74) is 0. The van der Waals surface area contributed by atoms with Crippen molar-refractivity contribution in [1.29, 1.82) is 0 Å². The van der Waals surface area contributed by atoms with Crippen molar-refractivity contribution in [1.82, 2.24) is 10.0 Å². The maximum Gasteiger partial charge on any atom is 0.460 e. The molecule has 0 spiro atoms. The van der Waals surface area contributed by atoms with Crippen molar-refractivity contribution >= 4 is 10.0 Å². The highest BCUT2D eigenvalue weighted by Crippen LogP contribution is 2.64. The fourth-order valence-corrected chi connectivity index (χ4v) is 3.31. The number of hydrogen-bond donors (Lipinski definition) is 2. The van der Waals surface area contributed by atoms with Gasteiger partial charge in [0.1, 0.15) is 0 Å². The van der Waals surface area contributed by atoms with Crippen molar-refractivity contribution in [2.45, 2.75) is 60.5 Å². The minimum absolute atomic E-state index is 0.0571. The average molecular weight is 598 g/mol. The van der Waals surface area contributed by atoms with Crippen LogP contribution in [0.2, 0.25) is 0 Å². The third-order valence-corrected chi connectivity index (χ3v) is 5.78. The molecule has 0 aromatic heterocycles. The second-order valence-electron chi connectivity index (χ2n) is 7.07. The summed E-state index contributed by atoms with van der Waals surface area (Å²) in [6.07, 6.45) is -10.9. The third-order valence-electron chi connectivity index (χ3n) is 4.40. The van der Waals surface area contributed by atoms with Crippen LogP contribution in [-0.2, 0) is 10.0 Å². The summed E-state index contributed by atoms with van der Waals surface area (Å²) in [6.45, 7) is -0.460. The number of rotatable bonds is 14. The fraction of sp³-hybridized carbons (Fsp3) is 1.00. The number of sulfonamides is 1. The predicted octanol–water partition coefficient (Wildman–Crippen LogP) is 4.91. The fourth-order valence-electron chi connectivity index (χ4n) is 2.18. The van der Waals surface area contributed by atoms with Crippen molar-refractivity contribution in [3.8, 4) is 0 Å². The summed E-state index contributed by atoms with van der Waals surface area (Å²) in [4.78, 5) is 0. The van der Waals surface area contributed by atoms with E-state index in [0.717, 1.165) is 0 Å². The summed E-state index contributed by atoms with van der Waals surface area (Å²) in [6, 6.07) is 0. The smallest absolute Gasteiger partial charge is 0.320 e. The van der Waals surface area contributed by atoms with Crippen LogP contribution < -0.4 is 10.0 Å². The van der Waals surface area contributed by atoms with Gasteiger partial charge in [0.2, 0.25) is 10.0 Å². The molecule has 0 radical (unpaired) electrons. The van der Waals surface area contributed by atoms with E-state index in [1.807, 2.05) is 0 Å². The first-order valence-corrected chi connectivity index (χ1v) is 10.5. The molecule has 0 aromatic rings. The Morgan fingerprint density at radius 3 is 1.28 bits per heavy atom. The van der Waals surface area contributed by atoms with Crippen LogP contribution in [0, 0.1) is 0 Å². The molecule has 0 saturated carbocycles. The second-order valence-corrected chi connectivity index (χ2v) is 9.00. The molecular weight excluding hydrogens is 583 g/mol. The van der Waals surface area contributed by atoms with Gasteiger partial charge in [-0.1, -0.05) is 0 Å². The predicted molar refractivity (Wildman–Crippen MR) is 85.6 cm³/mol. The largest absolute Gasteiger partial charge is 0.460 e. The average Bonchev–Trinajstić information content (AvgIpc) is 2.68. The quantitative estimate of drug-likeness (QED) is 0.221. The van der Waals surface area contributed by atoms with Crippen LogP contribution in [0.15, 0.2) is 0 Å². The lowest BCUT2D eigenvalue weighted by Crippen LogP contribution is -2.74. The first kappa shape index (κ1) is 34.7. The number of hydrogen-bond acceptors (Lipinski definition) is 3. The molecule has 22 heteroatoms. The first-order chi connectivity index (χ1) is 15.5. The summed E-state index contributed by atoms with van der Waals surface area (Å²) < 4.78 is 248. The summed E-state index contributed by atoms with van der Waals surface area (Å²) in [5, 5.41) is 2.47. The van der Waals surface area contributed by atoms with Crippen LogP contribution in [0.1, 0.15) is 12.8 Å². The van der Waals surface area contributed by atoms with Gasteiger partial charge in [-0.15, -0.1) is 0 Å². The van der Waals surface area contributed by atoms with E-state index in [4.69, 9.17) is 0 Å². The topological polar surface area (TPSA) is 58.2 Å². The lowest BCUT2D eigenvalue weighted by Gasteiger charge is -2.42. The standard InChI is InChI=1S/C14H15F17N2O2S/c1-32-4-2-5-33-36(34,35)6-3-7(15,16)8(17,18)9(19,20)10(21,22)11(23,24)12(25,26)13(27,28)14(29,30)31/h32-33H,2-6H2,1H3. The molecule has 0 saturated heterocycles. The first-order valence-electron chi connectivity index (χ1n) is 8.85. The zero-order chi connectivity index (χ0) is 29.4. The lowest BCUT2D eigenvalue weighted by atomic mass is 9.88. The molecule has 0 heterocycles. The van der Waals surface area contributed by atoms with Crippen LogP contribution >= 0.6 is 0 Å². The Labute approximate surface area is 190 Å². The number of nitrogens with one attached hydrogen (secondary N) is 2. The molecule has 2 N–H and O–H groups in total. The Morgan fingerprint density at radius 1 is 0.556 bits per heavy atom. The van der Waals surface area contributed by atoms with E-state index in [2.05, 4.69) is 5.32 Å². The Hall–Kier alpha value is -1.32. The maximum atomic E-state index is 13.7. The van der Waals surface area contributed by atoms with Crippen LogP contribution in [0.5, 0.6) is 0 Å². The number of alkyl halides is 17. The van der Waals surface area contributed by atoms with Gasteiger partial charge < -0.3 is 5.32 Å². The Bertz CT molecular complexity index is 854. The van der Waals surface area contributed by atoms with Crippen LogP contribution in [0.25, 0.3) is 0 Å². The van der Waals surface area contributed by atoms with Gasteiger partial charge in [0, 0.05) is 13.0 Å². The summed E-state index contributed by atoms with van der Waals surface area (Å²) >= 11 is 0. The van der Waals surface area contributed by atoms with Crippen molar-refractivity contribution < 1.29 is 83.1 Å². The molecule has 0 atom stereocenters. The molecule has 0 fully saturated rings. The zero-order valence-electron chi connectivity index (χ0n) is 17.2. The molecule has 36 heavy (non-hydrogen) atoms. The molecule has 0 aliphatic carbocycles. The van der Waals surface area contributed by atoms with E-state index >= 15 is 0 Å². The molecular formula is C14H15F17N2O2S. The van der Waals surface area contributed by atoms with Crippen molar-refractivity contribution in [2.75, 3.05) is 25.9 Å². The third kappa shape index (κ3) is 5.73. The highest BCUT2D eigenvalue weighted by molar-refractivity contribution is 7.89. The minimum Gasteiger partial charge on any atom is -0.320 e. The zero-order valence-corrected chi connectivity index (χ0v) is 18.0. The van der Waals surface area contributed by atoms with Crippen molar-refractivity contribution in [3.05, 3.63) is 0 Å². The van der Waals surface area contributed by atoms with E-state index in [1.165, 1.54) is 11.8 Å². The van der Waals surface area contributed by atoms with Crippen molar-refractivity contribution in [3.63, 3.8) is 0 Å². The molecule has 0 aliphatic rings. The minimum atomic E-state index is -8.72. The molecule has 4 nitrogen and oxygen atoms in total. The van der Waals surface area contributed by atoms with Gasteiger partial charge in [-0.3, -0.25) is 0 Å². The van der Waals surface area contributed by atoms with Gasteiger partial charge in [0.15, 0.2) is 0 Å². The van der Waals surface area contributed by atoms with Gasteiger partial charge >= 0.3 is 47.6 Å². The second kappa shape index (κ2) is 10.1. The van der Waals surface area contributed by atoms with E-state index in [0.29, 0.717) is 0 Å². The van der Waals surface area contributed by atoms with Gasteiger partial charge in [-0.25, -0.2) is 13.1 Å². The summed E-state index contributed by atoms with van der Waals surface area (Å²) in [7, 11) is -3.67. The molecule has 0 aromatic carbocycles. The van der Waals surface area contributed by atoms with Gasteiger partial charge in [-0.05, 0) is 20.0 Å². The highest BCUT2D eigenvalue weighted by atomic mass is 32.2. The van der Waals surface area contributed by atoms with E-state index in [1.54, 1.807) is 0 Å². The molecule has 0 bridgehead atoms. The molecule has 0 rings (SSSR count). The van der Waals surface area contributed by atoms with Gasteiger partial charge in [-0.2, -0.15) is 74.6 Å². The normalized spacial score (nSPS) is 15.9. The lowest BCUT2D eigenvalue weighted by molar-refractivity contribution is -0.461. The molecule has 0 aliphatic heterocycles. The Kier molecular flexibility index (Phi) is 9.73. The molecule has 218 valence electrons. The van der Waals surface area contributed by atoms with Crippen LogP contribution in [0.4, 0.5) is 74.6 Å². The van der Waals surface area contributed by atoms with E-state index in [9.17, 15) is 83.1 Å².